The van der Waals surface area contributed by atoms with Gasteiger partial charge in [-0.25, -0.2) is 0 Å². The molecule has 0 aromatic heterocycles. The van der Waals surface area contributed by atoms with Gasteiger partial charge in [-0.3, -0.25) is 0 Å². The number of benzene rings is 3. The van der Waals surface area contributed by atoms with Crippen molar-refractivity contribution in [2.45, 2.75) is 24.9 Å². The van der Waals surface area contributed by atoms with Crippen LogP contribution in [0, 0.1) is 5.92 Å². The highest BCUT2D eigenvalue weighted by molar-refractivity contribution is 7.01. The molecule has 3 aromatic carbocycles. The first kappa shape index (κ1) is 17.1. The van der Waals surface area contributed by atoms with Gasteiger partial charge in [0.25, 0.3) is 0 Å². The summed E-state index contributed by atoms with van der Waals surface area (Å²) < 4.78 is 5.30. The Labute approximate surface area is 157 Å². The fourth-order valence-electron chi connectivity index (χ4n) is 4.27. The first-order chi connectivity index (χ1) is 12.7. The van der Waals surface area contributed by atoms with E-state index < -0.39 is 8.07 Å². The van der Waals surface area contributed by atoms with Crippen molar-refractivity contribution >= 4 is 18.4 Å². The van der Waals surface area contributed by atoms with Crippen LogP contribution in [-0.2, 0) is 0 Å². The fraction of sp³-hybridized carbons (Fsp3) is 0.250. The van der Waals surface area contributed by atoms with Crippen LogP contribution in [0.25, 0.3) is 0 Å². The molecule has 0 saturated heterocycles. The quantitative estimate of drug-likeness (QED) is 0.581. The maximum Gasteiger partial charge on any atom is 0.118 e. The van der Waals surface area contributed by atoms with E-state index in [0.717, 1.165) is 11.7 Å². The molecule has 1 fully saturated rings. The SMILES string of the molecule is COc1ccc([C@H]2C[C@@H]2C[Si](C)(c2ccccc2)c2ccccc2)cc1. The van der Waals surface area contributed by atoms with Crippen molar-refractivity contribution < 1.29 is 4.74 Å². The summed E-state index contributed by atoms with van der Waals surface area (Å²) >= 11 is 0. The molecule has 0 radical (unpaired) electrons. The Kier molecular flexibility index (Phi) is 4.69. The topological polar surface area (TPSA) is 9.23 Å². The molecule has 3 aromatic rings. The van der Waals surface area contributed by atoms with Crippen molar-refractivity contribution in [1.82, 2.24) is 0 Å². The highest BCUT2D eigenvalue weighted by Gasteiger charge is 2.45. The van der Waals surface area contributed by atoms with Crippen LogP contribution in [0.2, 0.25) is 12.6 Å². The molecule has 2 atom stereocenters. The van der Waals surface area contributed by atoms with Crippen molar-refractivity contribution in [3.63, 3.8) is 0 Å². The molecule has 1 aliphatic carbocycles. The van der Waals surface area contributed by atoms with Crippen LogP contribution >= 0.6 is 0 Å². The lowest BCUT2D eigenvalue weighted by molar-refractivity contribution is 0.414. The molecule has 2 heteroatoms. The molecule has 132 valence electrons. The molecular weight excluding hydrogens is 332 g/mol. The Morgan fingerprint density at radius 3 is 1.85 bits per heavy atom. The third-order valence-electron chi connectivity index (χ3n) is 5.96. The molecule has 0 N–H and O–H groups in total. The lowest BCUT2D eigenvalue weighted by Gasteiger charge is -2.29. The molecule has 0 heterocycles. The summed E-state index contributed by atoms with van der Waals surface area (Å²) in [6.07, 6.45) is 1.31. The Morgan fingerprint density at radius 1 is 0.808 bits per heavy atom. The van der Waals surface area contributed by atoms with Crippen molar-refractivity contribution in [3.05, 3.63) is 90.5 Å². The van der Waals surface area contributed by atoms with Gasteiger partial charge in [-0.2, -0.15) is 0 Å². The number of hydrogen-bond acceptors (Lipinski definition) is 1. The van der Waals surface area contributed by atoms with Gasteiger partial charge in [0.15, 0.2) is 0 Å². The van der Waals surface area contributed by atoms with Crippen LogP contribution in [0.1, 0.15) is 17.9 Å². The van der Waals surface area contributed by atoms with Crippen molar-refractivity contribution in [1.29, 1.82) is 0 Å². The standard InChI is InChI=1S/C24H26OSi/c1-25-21-15-13-19(14-16-21)24-17-20(24)18-26(2,22-9-5-3-6-10-22)23-11-7-4-8-12-23/h3-16,20,24H,17-18H2,1-2H3/t20-,24-/m1/s1. The number of ether oxygens (including phenoxy) is 1. The minimum atomic E-state index is -1.72. The second kappa shape index (κ2) is 7.12. The number of rotatable bonds is 6. The minimum absolute atomic E-state index is 0.708. The Hall–Kier alpha value is -2.32. The van der Waals surface area contributed by atoms with E-state index in [9.17, 15) is 0 Å². The van der Waals surface area contributed by atoms with E-state index >= 15 is 0 Å². The van der Waals surface area contributed by atoms with Gasteiger partial charge in [-0.15, -0.1) is 0 Å². The minimum Gasteiger partial charge on any atom is -0.497 e. The zero-order valence-corrected chi connectivity index (χ0v) is 16.6. The molecule has 0 unspecified atom stereocenters. The smallest absolute Gasteiger partial charge is 0.118 e. The first-order valence-electron chi connectivity index (χ1n) is 9.46. The van der Waals surface area contributed by atoms with Gasteiger partial charge in [-0.1, -0.05) is 89.7 Å². The zero-order valence-electron chi connectivity index (χ0n) is 15.6. The molecule has 0 bridgehead atoms. The van der Waals surface area contributed by atoms with E-state index in [-0.39, 0.29) is 0 Å². The van der Waals surface area contributed by atoms with Gasteiger partial charge in [0.2, 0.25) is 0 Å². The van der Waals surface area contributed by atoms with Crippen LogP contribution in [0.3, 0.4) is 0 Å². The molecule has 26 heavy (non-hydrogen) atoms. The molecule has 1 nitrogen and oxygen atoms in total. The summed E-state index contributed by atoms with van der Waals surface area (Å²) in [7, 11) is 0.00849. The molecule has 0 amide bonds. The van der Waals surface area contributed by atoms with Gasteiger partial charge in [0, 0.05) is 0 Å². The predicted molar refractivity (Wildman–Crippen MR) is 112 cm³/mol. The van der Waals surface area contributed by atoms with Crippen LogP contribution in [0.4, 0.5) is 0 Å². The van der Waals surface area contributed by atoms with Crippen molar-refractivity contribution in [2.75, 3.05) is 7.11 Å². The normalized spacial score (nSPS) is 19.2. The Morgan fingerprint density at radius 2 is 1.35 bits per heavy atom. The molecule has 4 rings (SSSR count). The van der Waals surface area contributed by atoms with Crippen LogP contribution < -0.4 is 15.1 Å². The average molecular weight is 359 g/mol. The predicted octanol–water partition coefficient (Wildman–Crippen LogP) is 4.69. The molecule has 1 aliphatic rings. The zero-order chi connectivity index (χ0) is 18.0. The van der Waals surface area contributed by atoms with Crippen LogP contribution in [-0.4, -0.2) is 15.2 Å². The maximum atomic E-state index is 5.30. The summed E-state index contributed by atoms with van der Waals surface area (Å²) in [4.78, 5) is 0. The highest BCUT2D eigenvalue weighted by Crippen LogP contribution is 2.51. The van der Waals surface area contributed by atoms with E-state index in [1.165, 1.54) is 18.0 Å². The highest BCUT2D eigenvalue weighted by atomic mass is 28.3. The lowest BCUT2D eigenvalue weighted by atomic mass is 10.1. The van der Waals surface area contributed by atoms with Gasteiger partial charge >= 0.3 is 0 Å². The van der Waals surface area contributed by atoms with Gasteiger partial charge < -0.3 is 4.74 Å². The largest absolute Gasteiger partial charge is 0.497 e. The second-order valence-corrected chi connectivity index (χ2v) is 11.9. The van der Waals surface area contributed by atoms with E-state index in [0.29, 0.717) is 5.92 Å². The third kappa shape index (κ3) is 3.34. The van der Waals surface area contributed by atoms with Crippen molar-refractivity contribution in [2.24, 2.45) is 5.92 Å². The van der Waals surface area contributed by atoms with Crippen LogP contribution in [0.15, 0.2) is 84.9 Å². The van der Waals surface area contributed by atoms with Gasteiger partial charge in [-0.05, 0) is 42.0 Å². The van der Waals surface area contributed by atoms with Gasteiger partial charge in [0.05, 0.1) is 7.11 Å². The van der Waals surface area contributed by atoms with Crippen LogP contribution in [0.5, 0.6) is 5.75 Å². The number of hydrogen-bond donors (Lipinski definition) is 0. The monoisotopic (exact) mass is 358 g/mol. The third-order valence-corrected chi connectivity index (χ3v) is 10.5. The van der Waals surface area contributed by atoms with Crippen molar-refractivity contribution in [3.8, 4) is 5.75 Å². The summed E-state index contributed by atoms with van der Waals surface area (Å²) in [6, 6.07) is 32.4. The van der Waals surface area contributed by atoms with E-state index in [2.05, 4.69) is 91.5 Å². The molecular formula is C24H26OSi. The Balaban J connectivity index is 1.59. The summed E-state index contributed by atoms with van der Waals surface area (Å²) in [6.45, 7) is 2.54. The molecule has 0 aliphatic heterocycles. The maximum absolute atomic E-state index is 5.30. The second-order valence-electron chi connectivity index (χ2n) is 7.64. The first-order valence-corrected chi connectivity index (χ1v) is 12.2. The summed E-state index contributed by atoms with van der Waals surface area (Å²) in [5, 5.41) is 3.10. The summed E-state index contributed by atoms with van der Waals surface area (Å²) in [5.41, 5.74) is 1.47. The molecule has 1 saturated carbocycles. The average Bonchev–Trinajstić information content (AvgIpc) is 3.48. The Bertz CT molecular complexity index is 803. The van der Waals surface area contributed by atoms with Gasteiger partial charge in [0.1, 0.15) is 13.8 Å². The fourth-order valence-corrected chi connectivity index (χ4v) is 8.43. The molecule has 0 spiro atoms. The number of methoxy groups -OCH3 is 1. The van der Waals surface area contributed by atoms with E-state index in [1.807, 2.05) is 0 Å². The van der Waals surface area contributed by atoms with E-state index in [4.69, 9.17) is 4.74 Å². The lowest BCUT2D eigenvalue weighted by Crippen LogP contribution is -2.55. The summed E-state index contributed by atoms with van der Waals surface area (Å²) in [5.74, 6) is 2.44. The van der Waals surface area contributed by atoms with E-state index in [1.54, 1.807) is 17.5 Å².